The molecular weight excluding hydrogens is 375 g/mol. The van der Waals surface area contributed by atoms with E-state index < -0.39 is 11.9 Å². The van der Waals surface area contributed by atoms with Gasteiger partial charge in [0.2, 0.25) is 0 Å². The maximum atomic E-state index is 12.2. The van der Waals surface area contributed by atoms with Gasteiger partial charge in [-0.3, -0.25) is 4.79 Å². The van der Waals surface area contributed by atoms with Crippen LogP contribution in [0.15, 0.2) is 30.5 Å². The molecule has 0 atom stereocenters. The minimum atomic E-state index is -0.545. The van der Waals surface area contributed by atoms with E-state index in [0.717, 1.165) is 0 Å². The van der Waals surface area contributed by atoms with Gasteiger partial charge in [-0.1, -0.05) is 34.8 Å². The number of rotatable bonds is 4. The van der Waals surface area contributed by atoms with Crippen LogP contribution in [0, 0.1) is 0 Å². The molecule has 126 valence electrons. The highest BCUT2D eigenvalue weighted by atomic mass is 35.5. The van der Waals surface area contributed by atoms with Gasteiger partial charge in [-0.2, -0.15) is 0 Å². The van der Waals surface area contributed by atoms with Crippen molar-refractivity contribution < 1.29 is 14.3 Å². The number of hydrogen-bond donors (Lipinski definition) is 1. The molecule has 0 fully saturated rings. The number of aromatic nitrogens is 1. The Kier molecular flexibility index (Phi) is 6.04. The molecule has 0 aliphatic rings. The maximum absolute atomic E-state index is 12.2. The van der Waals surface area contributed by atoms with Crippen molar-refractivity contribution in [3.63, 3.8) is 0 Å². The molecule has 8 heteroatoms. The molecule has 2 rings (SSSR count). The Labute approximate surface area is 153 Å². The molecule has 0 saturated carbocycles. The van der Waals surface area contributed by atoms with Crippen molar-refractivity contribution in [3.05, 3.63) is 56.8 Å². The standard InChI is InChI=1S/C16H13Cl3N2O3/c1-8(2)24-16(23)9-3-5-10(6-4-9)21-15(22)14-13(19)12(18)11(17)7-20-14/h3-8H,1-2H3,(H,21,22). The predicted octanol–water partition coefficient (Wildman–Crippen LogP) is 4.86. The van der Waals surface area contributed by atoms with E-state index >= 15 is 0 Å². The second-order valence-corrected chi connectivity index (χ2v) is 6.23. The zero-order chi connectivity index (χ0) is 17.9. The van der Waals surface area contributed by atoms with Crippen LogP contribution in [0.1, 0.15) is 34.7 Å². The van der Waals surface area contributed by atoms with Crippen molar-refractivity contribution in [3.8, 4) is 0 Å². The third-order valence-corrected chi connectivity index (χ3v) is 4.09. The summed E-state index contributed by atoms with van der Waals surface area (Å²) in [5.41, 5.74) is 0.798. The van der Waals surface area contributed by atoms with E-state index in [9.17, 15) is 9.59 Å². The minimum Gasteiger partial charge on any atom is -0.459 e. The van der Waals surface area contributed by atoms with E-state index in [0.29, 0.717) is 11.3 Å². The molecule has 1 amide bonds. The largest absolute Gasteiger partial charge is 0.459 e. The van der Waals surface area contributed by atoms with Crippen LogP contribution in [0.25, 0.3) is 0 Å². The summed E-state index contributed by atoms with van der Waals surface area (Å²) in [6.07, 6.45) is 1.04. The van der Waals surface area contributed by atoms with Gasteiger partial charge in [-0.25, -0.2) is 9.78 Å². The van der Waals surface area contributed by atoms with Gasteiger partial charge >= 0.3 is 5.97 Å². The first kappa shape index (κ1) is 18.5. The van der Waals surface area contributed by atoms with Crippen LogP contribution in [0.3, 0.4) is 0 Å². The Balaban J connectivity index is 2.13. The summed E-state index contributed by atoms with van der Waals surface area (Å²) in [4.78, 5) is 27.8. The van der Waals surface area contributed by atoms with Gasteiger partial charge in [-0.05, 0) is 38.1 Å². The fourth-order valence-corrected chi connectivity index (χ4v) is 2.33. The van der Waals surface area contributed by atoms with Crippen molar-refractivity contribution in [2.24, 2.45) is 0 Å². The van der Waals surface area contributed by atoms with E-state index in [1.807, 2.05) is 0 Å². The molecule has 2 aromatic rings. The molecule has 0 saturated heterocycles. The van der Waals surface area contributed by atoms with Gasteiger partial charge in [-0.15, -0.1) is 0 Å². The number of nitrogens with one attached hydrogen (secondary N) is 1. The van der Waals surface area contributed by atoms with Crippen LogP contribution in [0.5, 0.6) is 0 Å². The second kappa shape index (κ2) is 7.83. The number of carbonyl (C=O) groups excluding carboxylic acids is 2. The third-order valence-electron chi connectivity index (χ3n) is 2.85. The Morgan fingerprint density at radius 3 is 2.29 bits per heavy atom. The number of amides is 1. The zero-order valence-corrected chi connectivity index (χ0v) is 15.0. The topological polar surface area (TPSA) is 68.3 Å². The van der Waals surface area contributed by atoms with Crippen molar-refractivity contribution >= 4 is 52.4 Å². The number of carbonyl (C=O) groups is 2. The molecule has 24 heavy (non-hydrogen) atoms. The third kappa shape index (κ3) is 4.38. The normalized spacial score (nSPS) is 10.6. The molecule has 5 nitrogen and oxygen atoms in total. The average molecular weight is 388 g/mol. The lowest BCUT2D eigenvalue weighted by Crippen LogP contribution is -2.15. The van der Waals surface area contributed by atoms with E-state index in [-0.39, 0.29) is 26.9 Å². The highest BCUT2D eigenvalue weighted by Crippen LogP contribution is 2.31. The molecule has 0 bridgehead atoms. The summed E-state index contributed by atoms with van der Waals surface area (Å²) in [5.74, 6) is -0.979. The molecule has 1 aromatic carbocycles. The van der Waals surface area contributed by atoms with Crippen LogP contribution in [-0.2, 0) is 4.74 Å². The highest BCUT2D eigenvalue weighted by Gasteiger charge is 2.17. The van der Waals surface area contributed by atoms with Gasteiger partial charge in [0, 0.05) is 11.9 Å². The smallest absolute Gasteiger partial charge is 0.338 e. The summed E-state index contributed by atoms with van der Waals surface area (Å²) >= 11 is 17.6. The van der Waals surface area contributed by atoms with Crippen LogP contribution < -0.4 is 5.32 Å². The summed E-state index contributed by atoms with van der Waals surface area (Å²) in [6.45, 7) is 3.53. The zero-order valence-electron chi connectivity index (χ0n) is 12.8. The fourth-order valence-electron chi connectivity index (χ4n) is 1.76. The summed E-state index contributed by atoms with van der Waals surface area (Å²) in [6, 6.07) is 6.23. The number of hydrogen-bond acceptors (Lipinski definition) is 4. The lowest BCUT2D eigenvalue weighted by Gasteiger charge is -2.10. The van der Waals surface area contributed by atoms with Crippen molar-refractivity contribution in [2.45, 2.75) is 20.0 Å². The number of pyridine rings is 1. The first-order valence-corrected chi connectivity index (χ1v) is 8.05. The van der Waals surface area contributed by atoms with Crippen LogP contribution in [0.2, 0.25) is 15.1 Å². The van der Waals surface area contributed by atoms with Crippen molar-refractivity contribution in [1.29, 1.82) is 0 Å². The number of halogens is 3. The SMILES string of the molecule is CC(C)OC(=O)c1ccc(NC(=O)c2ncc(Cl)c(Cl)c2Cl)cc1. The quantitative estimate of drug-likeness (QED) is 0.761. The van der Waals surface area contributed by atoms with Crippen LogP contribution in [0.4, 0.5) is 5.69 Å². The van der Waals surface area contributed by atoms with E-state index in [2.05, 4.69) is 10.3 Å². The number of nitrogens with zero attached hydrogens (tertiary/aromatic N) is 1. The van der Waals surface area contributed by atoms with Gasteiger partial charge in [0.15, 0.2) is 0 Å². The number of esters is 1. The first-order valence-electron chi connectivity index (χ1n) is 6.91. The lowest BCUT2D eigenvalue weighted by molar-refractivity contribution is 0.0378. The maximum Gasteiger partial charge on any atom is 0.338 e. The highest BCUT2D eigenvalue weighted by molar-refractivity contribution is 6.49. The van der Waals surface area contributed by atoms with Crippen LogP contribution >= 0.6 is 34.8 Å². The van der Waals surface area contributed by atoms with Gasteiger partial charge in [0.1, 0.15) is 5.69 Å². The predicted molar refractivity (Wildman–Crippen MR) is 94.2 cm³/mol. The molecular formula is C16H13Cl3N2O3. The molecule has 1 heterocycles. The molecule has 0 spiro atoms. The van der Waals surface area contributed by atoms with Crippen molar-refractivity contribution in [1.82, 2.24) is 4.98 Å². The first-order chi connectivity index (χ1) is 11.3. The van der Waals surface area contributed by atoms with E-state index in [1.54, 1.807) is 38.1 Å². The number of benzene rings is 1. The molecule has 0 radical (unpaired) electrons. The molecule has 1 N–H and O–H groups in total. The molecule has 0 aliphatic carbocycles. The van der Waals surface area contributed by atoms with Crippen LogP contribution in [-0.4, -0.2) is 23.0 Å². The molecule has 0 unspecified atom stereocenters. The van der Waals surface area contributed by atoms with Gasteiger partial charge < -0.3 is 10.1 Å². The fraction of sp³-hybridized carbons (Fsp3) is 0.188. The minimum absolute atomic E-state index is 0.0289. The lowest BCUT2D eigenvalue weighted by atomic mass is 10.2. The summed E-state index contributed by atoms with van der Waals surface area (Å²) in [7, 11) is 0. The number of anilines is 1. The average Bonchev–Trinajstić information content (AvgIpc) is 2.52. The Morgan fingerprint density at radius 2 is 1.71 bits per heavy atom. The monoisotopic (exact) mass is 386 g/mol. The Bertz CT molecular complexity index is 777. The summed E-state index contributed by atoms with van der Waals surface area (Å²) in [5, 5.41) is 2.80. The Hall–Kier alpha value is -1.82. The Morgan fingerprint density at radius 1 is 1.08 bits per heavy atom. The molecule has 0 aliphatic heterocycles. The van der Waals surface area contributed by atoms with Gasteiger partial charge in [0.05, 0.1) is 26.7 Å². The van der Waals surface area contributed by atoms with E-state index in [4.69, 9.17) is 39.5 Å². The number of ether oxygens (including phenoxy) is 1. The second-order valence-electron chi connectivity index (χ2n) is 5.07. The van der Waals surface area contributed by atoms with E-state index in [1.165, 1.54) is 6.20 Å². The molecule has 1 aromatic heterocycles. The summed E-state index contributed by atoms with van der Waals surface area (Å²) < 4.78 is 5.09. The van der Waals surface area contributed by atoms with Gasteiger partial charge in [0.25, 0.3) is 5.91 Å². The van der Waals surface area contributed by atoms with Crippen molar-refractivity contribution in [2.75, 3.05) is 5.32 Å².